The molecule has 3 heteroatoms. The third-order valence-corrected chi connectivity index (χ3v) is 4.68. The highest BCUT2D eigenvalue weighted by Crippen LogP contribution is 2.44. The van der Waals surface area contributed by atoms with Crippen LogP contribution < -0.4 is 10.1 Å². The Hall–Kier alpha value is -1.06. The predicted octanol–water partition coefficient (Wildman–Crippen LogP) is 2.83. The molecule has 1 aromatic carbocycles. The maximum Gasteiger partial charge on any atom is 0.124 e. The maximum atomic E-state index is 5.89. The van der Waals surface area contributed by atoms with Gasteiger partial charge in [-0.1, -0.05) is 24.6 Å². The number of piperazine rings is 1. The summed E-state index contributed by atoms with van der Waals surface area (Å²) in [6.07, 6.45) is 4.13. The van der Waals surface area contributed by atoms with Gasteiger partial charge >= 0.3 is 0 Å². The number of nitrogens with zero attached hydrogens (tertiary/aromatic N) is 1. The van der Waals surface area contributed by atoms with E-state index >= 15 is 0 Å². The van der Waals surface area contributed by atoms with Crippen LogP contribution in [0.2, 0.25) is 0 Å². The molecule has 1 heterocycles. The summed E-state index contributed by atoms with van der Waals surface area (Å²) < 4.78 is 5.89. The van der Waals surface area contributed by atoms with Crippen LogP contribution in [0.5, 0.6) is 5.75 Å². The Morgan fingerprint density at radius 3 is 2.65 bits per heavy atom. The summed E-state index contributed by atoms with van der Waals surface area (Å²) in [4.78, 5) is 2.66. The molecule has 0 bridgehead atoms. The van der Waals surface area contributed by atoms with Gasteiger partial charge in [-0.25, -0.2) is 0 Å². The fourth-order valence-electron chi connectivity index (χ4n) is 3.48. The molecule has 1 atom stereocenters. The molecule has 0 unspecified atom stereocenters. The van der Waals surface area contributed by atoms with Crippen LogP contribution in [0, 0.1) is 5.92 Å². The minimum atomic E-state index is 0.550. The number of nitrogens with one attached hydrogen (secondary N) is 1. The van der Waals surface area contributed by atoms with Crippen LogP contribution in [0.15, 0.2) is 24.3 Å². The zero-order valence-corrected chi connectivity index (χ0v) is 12.5. The molecular weight excluding hydrogens is 248 g/mol. The van der Waals surface area contributed by atoms with Crippen molar-refractivity contribution in [1.82, 2.24) is 10.2 Å². The first-order valence-electron chi connectivity index (χ1n) is 8.06. The quantitative estimate of drug-likeness (QED) is 0.893. The van der Waals surface area contributed by atoms with E-state index in [9.17, 15) is 0 Å². The second kappa shape index (κ2) is 6.59. The first kappa shape index (κ1) is 13.9. The van der Waals surface area contributed by atoms with Crippen LogP contribution in [0.4, 0.5) is 0 Å². The van der Waals surface area contributed by atoms with E-state index in [1.54, 1.807) is 0 Å². The summed E-state index contributed by atoms with van der Waals surface area (Å²) in [5.74, 6) is 1.90. The molecule has 1 aromatic rings. The highest BCUT2D eigenvalue weighted by molar-refractivity contribution is 5.37. The molecule has 1 aliphatic heterocycles. The molecule has 0 spiro atoms. The summed E-state index contributed by atoms with van der Waals surface area (Å²) >= 11 is 0. The smallest absolute Gasteiger partial charge is 0.124 e. The van der Waals surface area contributed by atoms with Gasteiger partial charge in [0.1, 0.15) is 5.75 Å². The Kier molecular flexibility index (Phi) is 4.58. The van der Waals surface area contributed by atoms with Crippen molar-refractivity contribution < 1.29 is 4.74 Å². The van der Waals surface area contributed by atoms with Gasteiger partial charge in [0.15, 0.2) is 0 Å². The highest BCUT2D eigenvalue weighted by Gasteiger charge is 2.34. The van der Waals surface area contributed by atoms with Crippen molar-refractivity contribution in [2.45, 2.75) is 32.2 Å². The van der Waals surface area contributed by atoms with Gasteiger partial charge in [-0.2, -0.15) is 0 Å². The van der Waals surface area contributed by atoms with Crippen molar-refractivity contribution in [3.63, 3.8) is 0 Å². The van der Waals surface area contributed by atoms with Gasteiger partial charge in [-0.3, -0.25) is 4.90 Å². The van der Waals surface area contributed by atoms with E-state index in [1.165, 1.54) is 24.8 Å². The molecule has 3 rings (SSSR count). The summed E-state index contributed by atoms with van der Waals surface area (Å²) in [6.45, 7) is 7.35. The lowest BCUT2D eigenvalue weighted by Gasteiger charge is -2.43. The van der Waals surface area contributed by atoms with E-state index in [0.29, 0.717) is 6.04 Å². The Bertz CT molecular complexity index is 425. The van der Waals surface area contributed by atoms with Crippen molar-refractivity contribution in [2.75, 3.05) is 32.8 Å². The number of ether oxygens (including phenoxy) is 1. The molecule has 2 aliphatic rings. The summed E-state index contributed by atoms with van der Waals surface area (Å²) in [5, 5.41) is 3.46. The molecule has 0 radical (unpaired) electrons. The second-order valence-electron chi connectivity index (χ2n) is 5.89. The Balaban J connectivity index is 1.87. The van der Waals surface area contributed by atoms with Crippen LogP contribution in [0.25, 0.3) is 0 Å². The Morgan fingerprint density at radius 1 is 1.25 bits per heavy atom. The second-order valence-corrected chi connectivity index (χ2v) is 5.89. The third-order valence-electron chi connectivity index (χ3n) is 4.68. The Labute approximate surface area is 122 Å². The van der Waals surface area contributed by atoms with Gasteiger partial charge in [0.2, 0.25) is 0 Å². The molecule has 1 saturated heterocycles. The van der Waals surface area contributed by atoms with Crippen molar-refractivity contribution in [3.8, 4) is 5.75 Å². The molecule has 0 aromatic heterocycles. The predicted molar refractivity (Wildman–Crippen MR) is 82.1 cm³/mol. The van der Waals surface area contributed by atoms with Crippen molar-refractivity contribution in [1.29, 1.82) is 0 Å². The monoisotopic (exact) mass is 274 g/mol. The first-order chi connectivity index (χ1) is 9.90. The fraction of sp³-hybridized carbons (Fsp3) is 0.647. The first-order valence-corrected chi connectivity index (χ1v) is 8.06. The zero-order valence-electron chi connectivity index (χ0n) is 12.5. The minimum Gasteiger partial charge on any atom is -0.494 e. The molecular formula is C17H26N2O. The number of benzene rings is 1. The number of hydrogen-bond donors (Lipinski definition) is 1. The Morgan fingerprint density at radius 2 is 2.00 bits per heavy atom. The van der Waals surface area contributed by atoms with E-state index < -0.39 is 0 Å². The molecule has 1 N–H and O–H groups in total. The fourth-order valence-corrected chi connectivity index (χ4v) is 3.48. The lowest BCUT2D eigenvalue weighted by Crippen LogP contribution is -2.47. The number of hydrogen-bond acceptors (Lipinski definition) is 3. The van der Waals surface area contributed by atoms with Gasteiger partial charge in [-0.05, 0) is 31.7 Å². The summed E-state index contributed by atoms with van der Waals surface area (Å²) in [7, 11) is 0. The number of rotatable bonds is 5. The highest BCUT2D eigenvalue weighted by atomic mass is 16.5. The van der Waals surface area contributed by atoms with Crippen LogP contribution in [-0.4, -0.2) is 37.7 Å². The van der Waals surface area contributed by atoms with Gasteiger partial charge in [0.25, 0.3) is 0 Å². The maximum absolute atomic E-state index is 5.89. The molecule has 0 amide bonds. The lowest BCUT2D eigenvalue weighted by molar-refractivity contribution is 0.0814. The molecule has 1 aliphatic carbocycles. The van der Waals surface area contributed by atoms with E-state index in [0.717, 1.165) is 44.5 Å². The van der Waals surface area contributed by atoms with Gasteiger partial charge in [-0.15, -0.1) is 0 Å². The molecule has 110 valence electrons. The van der Waals surface area contributed by atoms with Crippen LogP contribution in [0.1, 0.15) is 37.8 Å². The largest absolute Gasteiger partial charge is 0.494 e. The summed E-state index contributed by atoms with van der Waals surface area (Å²) in [6, 6.07) is 9.20. The SMILES string of the molecule is CCOc1ccccc1[C@H](C1CCC1)N1CCNCC1. The lowest BCUT2D eigenvalue weighted by atomic mass is 9.76. The van der Waals surface area contributed by atoms with Gasteiger partial charge in [0, 0.05) is 37.8 Å². The topological polar surface area (TPSA) is 24.5 Å². The summed E-state index contributed by atoms with van der Waals surface area (Å²) in [5.41, 5.74) is 1.40. The van der Waals surface area contributed by atoms with Crippen molar-refractivity contribution in [3.05, 3.63) is 29.8 Å². The molecule has 2 fully saturated rings. The van der Waals surface area contributed by atoms with Gasteiger partial charge < -0.3 is 10.1 Å². The normalized spacial score (nSPS) is 22.2. The molecule has 20 heavy (non-hydrogen) atoms. The average Bonchev–Trinajstić information content (AvgIpc) is 2.45. The van der Waals surface area contributed by atoms with Crippen molar-refractivity contribution >= 4 is 0 Å². The third kappa shape index (κ3) is 2.84. The van der Waals surface area contributed by atoms with Crippen LogP contribution >= 0.6 is 0 Å². The van der Waals surface area contributed by atoms with Gasteiger partial charge in [0.05, 0.1) is 6.61 Å². The van der Waals surface area contributed by atoms with Crippen molar-refractivity contribution in [2.24, 2.45) is 5.92 Å². The van der Waals surface area contributed by atoms with E-state index in [4.69, 9.17) is 4.74 Å². The van der Waals surface area contributed by atoms with Crippen LogP contribution in [-0.2, 0) is 0 Å². The standard InChI is InChI=1S/C17H26N2O/c1-2-20-16-9-4-3-8-15(16)17(14-6-5-7-14)19-12-10-18-11-13-19/h3-4,8-9,14,17-18H,2,5-7,10-13H2,1H3/t17-/m0/s1. The van der Waals surface area contributed by atoms with E-state index in [1.807, 2.05) is 0 Å². The number of para-hydroxylation sites is 1. The van der Waals surface area contributed by atoms with E-state index in [2.05, 4.69) is 41.4 Å². The van der Waals surface area contributed by atoms with Crippen LogP contribution in [0.3, 0.4) is 0 Å². The molecule has 3 nitrogen and oxygen atoms in total. The average molecular weight is 274 g/mol. The zero-order chi connectivity index (χ0) is 13.8. The molecule has 1 saturated carbocycles. The minimum absolute atomic E-state index is 0.550. The van der Waals surface area contributed by atoms with E-state index in [-0.39, 0.29) is 0 Å².